The van der Waals surface area contributed by atoms with Crippen LogP contribution < -0.4 is 10.6 Å². The van der Waals surface area contributed by atoms with Crippen molar-refractivity contribution in [2.45, 2.75) is 77.8 Å². The average molecular weight is 306 g/mol. The number of rotatable bonds is 3. The van der Waals surface area contributed by atoms with Gasteiger partial charge in [0.25, 0.3) is 0 Å². The molecule has 0 radical (unpaired) electrons. The van der Waals surface area contributed by atoms with Crippen molar-refractivity contribution in [3.63, 3.8) is 0 Å². The van der Waals surface area contributed by atoms with Gasteiger partial charge in [-0.05, 0) is 84.0 Å². The molecule has 1 atom stereocenters. The highest BCUT2D eigenvalue weighted by Crippen LogP contribution is 2.60. The molecule has 0 unspecified atom stereocenters. The fourth-order valence-electron chi connectivity index (χ4n) is 5.28. The van der Waals surface area contributed by atoms with E-state index in [0.29, 0.717) is 0 Å². The zero-order valence-corrected chi connectivity index (χ0v) is 14.4. The number of carbonyl (C=O) groups is 2. The van der Waals surface area contributed by atoms with Gasteiger partial charge in [0.15, 0.2) is 0 Å². The first-order valence-corrected chi connectivity index (χ1v) is 8.80. The molecule has 124 valence electrons. The molecular weight excluding hydrogens is 276 g/mol. The maximum Gasteiger partial charge on any atom is 0.242 e. The lowest BCUT2D eigenvalue weighted by Gasteiger charge is -2.55. The van der Waals surface area contributed by atoms with Gasteiger partial charge in [-0.3, -0.25) is 9.59 Å². The summed E-state index contributed by atoms with van der Waals surface area (Å²) in [7, 11) is 0. The number of nitrogens with one attached hydrogen (secondary N) is 2. The van der Waals surface area contributed by atoms with E-state index in [4.69, 9.17) is 0 Å². The molecule has 0 aliphatic heterocycles. The van der Waals surface area contributed by atoms with Crippen molar-refractivity contribution in [2.75, 3.05) is 0 Å². The van der Waals surface area contributed by atoms with Crippen molar-refractivity contribution in [3.05, 3.63) is 0 Å². The van der Waals surface area contributed by atoms with Crippen molar-refractivity contribution in [1.82, 2.24) is 10.6 Å². The summed E-state index contributed by atoms with van der Waals surface area (Å²) >= 11 is 0. The SMILES string of the molecule is C[C@@H](NC(=O)C12CC3CC(CC(C3)C1)C2)C(=O)NC(C)(C)C. The second kappa shape index (κ2) is 5.24. The molecular formula is C18H30N2O2. The third-order valence-electron chi connectivity index (χ3n) is 5.76. The van der Waals surface area contributed by atoms with Crippen molar-refractivity contribution in [3.8, 4) is 0 Å². The topological polar surface area (TPSA) is 58.2 Å². The molecule has 4 aliphatic carbocycles. The summed E-state index contributed by atoms with van der Waals surface area (Å²) in [6, 6.07) is -0.459. The molecule has 0 aromatic heterocycles. The van der Waals surface area contributed by atoms with Crippen molar-refractivity contribution < 1.29 is 9.59 Å². The maximum atomic E-state index is 12.9. The van der Waals surface area contributed by atoms with Gasteiger partial charge in [0.05, 0.1) is 0 Å². The second-order valence-corrected chi connectivity index (χ2v) is 9.13. The van der Waals surface area contributed by atoms with Gasteiger partial charge in [-0.2, -0.15) is 0 Å². The van der Waals surface area contributed by atoms with Gasteiger partial charge in [0.1, 0.15) is 6.04 Å². The van der Waals surface area contributed by atoms with Gasteiger partial charge in [0, 0.05) is 11.0 Å². The molecule has 4 saturated carbocycles. The summed E-state index contributed by atoms with van der Waals surface area (Å²) < 4.78 is 0. The molecule has 4 aliphatic rings. The molecule has 4 rings (SSSR count). The van der Waals surface area contributed by atoms with Crippen molar-refractivity contribution in [2.24, 2.45) is 23.2 Å². The van der Waals surface area contributed by atoms with Crippen LogP contribution in [0.15, 0.2) is 0 Å². The summed E-state index contributed by atoms with van der Waals surface area (Å²) in [6.07, 6.45) is 7.10. The third-order valence-corrected chi connectivity index (χ3v) is 5.76. The van der Waals surface area contributed by atoms with Gasteiger partial charge in [-0.25, -0.2) is 0 Å². The predicted octanol–water partition coefficient (Wildman–Crippen LogP) is 2.62. The van der Waals surface area contributed by atoms with Crippen LogP contribution in [0.4, 0.5) is 0 Å². The first-order chi connectivity index (χ1) is 10.2. The largest absolute Gasteiger partial charge is 0.350 e. The van der Waals surface area contributed by atoms with E-state index >= 15 is 0 Å². The van der Waals surface area contributed by atoms with Crippen molar-refractivity contribution in [1.29, 1.82) is 0 Å². The second-order valence-electron chi connectivity index (χ2n) is 9.13. The van der Waals surface area contributed by atoms with Crippen molar-refractivity contribution >= 4 is 11.8 Å². The number of hydrogen-bond acceptors (Lipinski definition) is 2. The van der Waals surface area contributed by atoms with Gasteiger partial charge in [-0.15, -0.1) is 0 Å². The Kier molecular flexibility index (Phi) is 3.77. The van der Waals surface area contributed by atoms with E-state index in [1.54, 1.807) is 6.92 Å². The summed E-state index contributed by atoms with van der Waals surface area (Å²) in [4.78, 5) is 25.1. The monoisotopic (exact) mass is 306 g/mol. The lowest BCUT2D eigenvalue weighted by Crippen LogP contribution is -2.57. The van der Waals surface area contributed by atoms with Crippen LogP contribution in [-0.2, 0) is 9.59 Å². The molecule has 0 aromatic carbocycles. The Bertz CT molecular complexity index is 443. The minimum absolute atomic E-state index is 0.0921. The molecule has 0 spiro atoms. The van der Waals surface area contributed by atoms with Crippen LogP contribution in [0.25, 0.3) is 0 Å². The van der Waals surface area contributed by atoms with Gasteiger partial charge >= 0.3 is 0 Å². The van der Waals surface area contributed by atoms with E-state index in [2.05, 4.69) is 10.6 Å². The Labute approximate surface area is 133 Å². The first-order valence-electron chi connectivity index (χ1n) is 8.80. The molecule has 4 heteroatoms. The van der Waals surface area contributed by atoms with Crippen LogP contribution in [0.3, 0.4) is 0 Å². The first kappa shape index (κ1) is 15.8. The normalized spacial score (nSPS) is 37.7. The zero-order chi connectivity index (χ0) is 16.1. The fourth-order valence-corrected chi connectivity index (χ4v) is 5.28. The molecule has 4 nitrogen and oxygen atoms in total. The molecule has 4 bridgehead atoms. The maximum absolute atomic E-state index is 12.9. The van der Waals surface area contributed by atoms with Gasteiger partial charge < -0.3 is 10.6 Å². The van der Waals surface area contributed by atoms with E-state index in [1.165, 1.54) is 19.3 Å². The lowest BCUT2D eigenvalue weighted by atomic mass is 9.49. The Morgan fingerprint density at radius 3 is 1.86 bits per heavy atom. The highest BCUT2D eigenvalue weighted by atomic mass is 16.2. The number of carbonyl (C=O) groups excluding carboxylic acids is 2. The lowest BCUT2D eigenvalue weighted by molar-refractivity contribution is -0.148. The standard InChI is InChI=1S/C18H30N2O2/c1-11(15(21)20-17(2,3)4)19-16(22)18-8-12-5-13(9-18)7-14(6-12)10-18/h11-14H,5-10H2,1-4H3,(H,19,22)(H,20,21)/t11-,12?,13?,14?,18?/m1/s1. The molecule has 22 heavy (non-hydrogen) atoms. The Morgan fingerprint density at radius 2 is 1.45 bits per heavy atom. The Balaban J connectivity index is 1.63. The summed E-state index contributed by atoms with van der Waals surface area (Å²) in [6.45, 7) is 7.66. The third kappa shape index (κ3) is 3.02. The molecule has 0 saturated heterocycles. The predicted molar refractivity (Wildman–Crippen MR) is 86.1 cm³/mol. The van der Waals surface area contributed by atoms with Crippen LogP contribution >= 0.6 is 0 Å². The highest BCUT2D eigenvalue weighted by molar-refractivity contribution is 5.90. The van der Waals surface area contributed by atoms with E-state index in [9.17, 15) is 9.59 Å². The quantitative estimate of drug-likeness (QED) is 0.842. The van der Waals surface area contributed by atoms with E-state index in [-0.39, 0.29) is 22.8 Å². The van der Waals surface area contributed by atoms with Crippen LogP contribution in [0, 0.1) is 23.2 Å². The van der Waals surface area contributed by atoms with Gasteiger partial charge in [-0.1, -0.05) is 0 Å². The van der Waals surface area contributed by atoms with E-state index in [1.807, 2.05) is 20.8 Å². The molecule has 2 amide bonds. The molecule has 4 fully saturated rings. The Hall–Kier alpha value is -1.06. The van der Waals surface area contributed by atoms with Crippen LogP contribution in [-0.4, -0.2) is 23.4 Å². The van der Waals surface area contributed by atoms with Gasteiger partial charge in [0.2, 0.25) is 11.8 Å². The molecule has 2 N–H and O–H groups in total. The minimum Gasteiger partial charge on any atom is -0.350 e. The van der Waals surface area contributed by atoms with Crippen LogP contribution in [0.2, 0.25) is 0 Å². The van der Waals surface area contributed by atoms with Crippen LogP contribution in [0.1, 0.15) is 66.2 Å². The van der Waals surface area contributed by atoms with E-state index < -0.39 is 6.04 Å². The summed E-state index contributed by atoms with van der Waals surface area (Å²) in [5.41, 5.74) is -0.443. The average Bonchev–Trinajstić information content (AvgIpc) is 2.34. The van der Waals surface area contributed by atoms with E-state index in [0.717, 1.165) is 37.0 Å². The Morgan fingerprint density at radius 1 is 1.00 bits per heavy atom. The minimum atomic E-state index is -0.459. The summed E-state index contributed by atoms with van der Waals surface area (Å²) in [5, 5.41) is 5.95. The van der Waals surface area contributed by atoms with Crippen LogP contribution in [0.5, 0.6) is 0 Å². The summed E-state index contributed by atoms with van der Waals surface area (Å²) in [5.74, 6) is 2.27. The number of amides is 2. The molecule has 0 heterocycles. The smallest absolute Gasteiger partial charge is 0.242 e. The molecule has 0 aromatic rings. The zero-order valence-electron chi connectivity index (χ0n) is 14.4. The highest BCUT2D eigenvalue weighted by Gasteiger charge is 2.54. The fraction of sp³-hybridized carbons (Fsp3) is 0.889. The number of hydrogen-bond donors (Lipinski definition) is 2.